The van der Waals surface area contributed by atoms with Crippen LogP contribution in [0, 0.1) is 6.92 Å². The molecule has 1 aromatic heterocycles. The minimum atomic E-state index is -1.05. The van der Waals surface area contributed by atoms with Crippen molar-refractivity contribution >= 4 is 23.2 Å². The van der Waals surface area contributed by atoms with Gasteiger partial charge in [-0.25, -0.2) is 9.78 Å². The molecule has 5 nitrogen and oxygen atoms in total. The van der Waals surface area contributed by atoms with Gasteiger partial charge in [-0.05, 0) is 24.8 Å². The van der Waals surface area contributed by atoms with Gasteiger partial charge in [0.15, 0.2) is 5.69 Å². The fraction of sp³-hybridized carbons (Fsp3) is 0.353. The second-order valence-corrected chi connectivity index (χ2v) is 6.37. The standard InChI is InChI=1S/C17H20N2O3S/c1-3-12(13-6-4-11(2)5-7-13)8-15(20)18-9-16-19-14(10-23-16)17(21)22/h4-7,10,12H,3,8-9H2,1-2H3,(H,18,20)(H,21,22). The lowest BCUT2D eigenvalue weighted by Crippen LogP contribution is -2.24. The molecule has 1 aromatic carbocycles. The molecule has 0 saturated heterocycles. The van der Waals surface area contributed by atoms with Crippen LogP contribution in [0.2, 0.25) is 0 Å². The van der Waals surface area contributed by atoms with Crippen LogP contribution < -0.4 is 5.32 Å². The number of rotatable bonds is 7. The Labute approximate surface area is 139 Å². The Kier molecular flexibility index (Phi) is 5.87. The van der Waals surface area contributed by atoms with E-state index in [0.29, 0.717) is 11.4 Å². The minimum Gasteiger partial charge on any atom is -0.476 e. The van der Waals surface area contributed by atoms with Crippen LogP contribution in [0.4, 0.5) is 0 Å². The topological polar surface area (TPSA) is 79.3 Å². The van der Waals surface area contributed by atoms with Crippen LogP contribution in [0.3, 0.4) is 0 Å². The van der Waals surface area contributed by atoms with E-state index in [0.717, 1.165) is 12.0 Å². The summed E-state index contributed by atoms with van der Waals surface area (Å²) in [6.07, 6.45) is 1.30. The van der Waals surface area contributed by atoms with Gasteiger partial charge in [0.2, 0.25) is 5.91 Å². The van der Waals surface area contributed by atoms with E-state index in [2.05, 4.69) is 41.5 Å². The molecule has 2 aromatic rings. The molecular weight excluding hydrogens is 312 g/mol. The van der Waals surface area contributed by atoms with Crippen molar-refractivity contribution in [2.45, 2.75) is 39.2 Å². The molecule has 1 heterocycles. The van der Waals surface area contributed by atoms with E-state index in [-0.39, 0.29) is 24.1 Å². The van der Waals surface area contributed by atoms with Gasteiger partial charge in [0.25, 0.3) is 0 Å². The number of carbonyl (C=O) groups is 2. The second kappa shape index (κ2) is 7.87. The largest absolute Gasteiger partial charge is 0.476 e. The van der Waals surface area contributed by atoms with Crippen LogP contribution in [0.25, 0.3) is 0 Å². The highest BCUT2D eigenvalue weighted by Crippen LogP contribution is 2.23. The number of aromatic nitrogens is 1. The Hall–Kier alpha value is -2.21. The Bertz CT molecular complexity index is 679. The molecule has 1 atom stereocenters. The molecule has 0 radical (unpaired) electrons. The summed E-state index contributed by atoms with van der Waals surface area (Å²) in [4.78, 5) is 26.8. The third-order valence-corrected chi connectivity index (χ3v) is 4.53. The Balaban J connectivity index is 1.89. The van der Waals surface area contributed by atoms with Gasteiger partial charge in [-0.3, -0.25) is 4.79 Å². The number of hydrogen-bond acceptors (Lipinski definition) is 4. The van der Waals surface area contributed by atoms with Gasteiger partial charge in [-0.15, -0.1) is 11.3 Å². The molecule has 0 fully saturated rings. The van der Waals surface area contributed by atoms with Gasteiger partial charge in [-0.2, -0.15) is 0 Å². The predicted molar refractivity (Wildman–Crippen MR) is 89.7 cm³/mol. The Morgan fingerprint density at radius 3 is 2.57 bits per heavy atom. The van der Waals surface area contributed by atoms with Gasteiger partial charge in [0, 0.05) is 11.8 Å². The van der Waals surface area contributed by atoms with Crippen LogP contribution in [0.15, 0.2) is 29.6 Å². The van der Waals surface area contributed by atoms with Crippen molar-refractivity contribution in [3.63, 3.8) is 0 Å². The number of carbonyl (C=O) groups excluding carboxylic acids is 1. The lowest BCUT2D eigenvalue weighted by Gasteiger charge is -2.15. The molecule has 23 heavy (non-hydrogen) atoms. The Morgan fingerprint density at radius 1 is 1.30 bits per heavy atom. The number of hydrogen-bond donors (Lipinski definition) is 2. The molecule has 0 saturated carbocycles. The molecule has 2 N–H and O–H groups in total. The van der Waals surface area contributed by atoms with Crippen LogP contribution in [0.5, 0.6) is 0 Å². The highest BCUT2D eigenvalue weighted by atomic mass is 32.1. The monoisotopic (exact) mass is 332 g/mol. The van der Waals surface area contributed by atoms with Crippen LogP contribution >= 0.6 is 11.3 Å². The number of nitrogens with one attached hydrogen (secondary N) is 1. The molecule has 0 aliphatic carbocycles. The second-order valence-electron chi connectivity index (χ2n) is 5.43. The maximum Gasteiger partial charge on any atom is 0.355 e. The van der Waals surface area contributed by atoms with Crippen molar-refractivity contribution in [1.29, 1.82) is 0 Å². The zero-order valence-electron chi connectivity index (χ0n) is 13.2. The molecular formula is C17H20N2O3S. The van der Waals surface area contributed by atoms with E-state index in [1.807, 2.05) is 6.92 Å². The molecule has 0 bridgehead atoms. The Morgan fingerprint density at radius 2 is 2.00 bits per heavy atom. The molecule has 2 rings (SSSR count). The van der Waals surface area contributed by atoms with Crippen molar-refractivity contribution in [2.24, 2.45) is 0 Å². The molecule has 122 valence electrons. The normalized spacial score (nSPS) is 11.9. The van der Waals surface area contributed by atoms with E-state index in [1.165, 1.54) is 22.3 Å². The smallest absolute Gasteiger partial charge is 0.355 e. The average molecular weight is 332 g/mol. The third-order valence-electron chi connectivity index (χ3n) is 3.68. The quantitative estimate of drug-likeness (QED) is 0.815. The fourth-order valence-corrected chi connectivity index (χ4v) is 3.00. The predicted octanol–water partition coefficient (Wildman–Crippen LogP) is 3.35. The maximum atomic E-state index is 12.1. The van der Waals surface area contributed by atoms with Crippen molar-refractivity contribution < 1.29 is 14.7 Å². The number of amides is 1. The number of nitrogens with zero attached hydrogens (tertiary/aromatic N) is 1. The van der Waals surface area contributed by atoms with E-state index < -0.39 is 5.97 Å². The van der Waals surface area contributed by atoms with Gasteiger partial charge in [0.05, 0.1) is 6.54 Å². The van der Waals surface area contributed by atoms with E-state index in [1.54, 1.807) is 0 Å². The van der Waals surface area contributed by atoms with Gasteiger partial charge >= 0.3 is 5.97 Å². The third kappa shape index (κ3) is 4.89. The van der Waals surface area contributed by atoms with Gasteiger partial charge in [0.1, 0.15) is 5.01 Å². The highest BCUT2D eigenvalue weighted by Gasteiger charge is 2.15. The van der Waals surface area contributed by atoms with E-state index >= 15 is 0 Å². The minimum absolute atomic E-state index is 0.0188. The zero-order valence-corrected chi connectivity index (χ0v) is 14.0. The van der Waals surface area contributed by atoms with Crippen molar-refractivity contribution in [3.05, 3.63) is 51.5 Å². The van der Waals surface area contributed by atoms with E-state index in [4.69, 9.17) is 5.11 Å². The molecule has 0 aliphatic heterocycles. The summed E-state index contributed by atoms with van der Waals surface area (Å²) < 4.78 is 0. The number of benzene rings is 1. The van der Waals surface area contributed by atoms with Crippen LogP contribution in [0.1, 0.15) is 52.3 Å². The summed E-state index contributed by atoms with van der Waals surface area (Å²) in [7, 11) is 0. The zero-order chi connectivity index (χ0) is 16.8. The molecule has 0 aliphatic rings. The summed E-state index contributed by atoms with van der Waals surface area (Å²) in [6.45, 7) is 4.37. The van der Waals surface area contributed by atoms with Gasteiger partial charge in [-0.1, -0.05) is 36.8 Å². The maximum absolute atomic E-state index is 12.1. The SMILES string of the molecule is CCC(CC(=O)NCc1nc(C(=O)O)cs1)c1ccc(C)cc1. The number of aryl methyl sites for hydroxylation is 1. The van der Waals surface area contributed by atoms with Crippen molar-refractivity contribution in [2.75, 3.05) is 0 Å². The summed E-state index contributed by atoms with van der Waals surface area (Å²) in [5, 5.41) is 13.7. The van der Waals surface area contributed by atoms with Crippen molar-refractivity contribution in [1.82, 2.24) is 10.3 Å². The van der Waals surface area contributed by atoms with Crippen LogP contribution in [-0.2, 0) is 11.3 Å². The number of carboxylic acid groups (broad SMARTS) is 1. The number of carboxylic acids is 1. The lowest BCUT2D eigenvalue weighted by atomic mass is 9.92. The first-order valence-corrected chi connectivity index (χ1v) is 8.38. The first-order valence-electron chi connectivity index (χ1n) is 7.50. The summed E-state index contributed by atoms with van der Waals surface area (Å²) in [5.74, 6) is -0.921. The van der Waals surface area contributed by atoms with Gasteiger partial charge < -0.3 is 10.4 Å². The molecule has 1 amide bonds. The summed E-state index contributed by atoms with van der Waals surface area (Å²) in [6, 6.07) is 8.24. The highest BCUT2D eigenvalue weighted by molar-refractivity contribution is 7.09. The summed E-state index contributed by atoms with van der Waals surface area (Å²) >= 11 is 1.24. The number of thiazole rings is 1. The molecule has 1 unspecified atom stereocenters. The van der Waals surface area contributed by atoms with Crippen LogP contribution in [-0.4, -0.2) is 22.0 Å². The number of aromatic carboxylic acids is 1. The summed E-state index contributed by atoms with van der Waals surface area (Å²) in [5.41, 5.74) is 2.38. The fourth-order valence-electron chi connectivity index (χ4n) is 2.30. The molecule has 0 spiro atoms. The first kappa shape index (κ1) is 17.1. The lowest BCUT2D eigenvalue weighted by molar-refractivity contribution is -0.121. The van der Waals surface area contributed by atoms with Crippen molar-refractivity contribution in [3.8, 4) is 0 Å². The average Bonchev–Trinajstić information content (AvgIpc) is 3.01. The molecule has 6 heteroatoms. The first-order chi connectivity index (χ1) is 11.0. The van der Waals surface area contributed by atoms with E-state index in [9.17, 15) is 9.59 Å².